The number of carbonyl (C=O) groups excluding carboxylic acids is 1. The summed E-state index contributed by atoms with van der Waals surface area (Å²) in [5.41, 5.74) is 18.2. The van der Waals surface area contributed by atoms with Crippen molar-refractivity contribution in [1.29, 1.82) is 0 Å². The van der Waals surface area contributed by atoms with Crippen LogP contribution in [0.1, 0.15) is 28.9 Å². The normalized spacial score (nSPS) is 11.2. The summed E-state index contributed by atoms with van der Waals surface area (Å²) in [6.45, 7) is 0.370. The molecule has 0 aliphatic heterocycles. The molecule has 0 saturated heterocycles. The number of nitrogens with zero attached hydrogens (tertiary/aromatic N) is 5. The zero-order chi connectivity index (χ0) is 26.1. The number of aromatic nitrogens is 4. The predicted octanol–water partition coefficient (Wildman–Crippen LogP) is -0.157. The molecule has 3 rings (SSSR count). The summed E-state index contributed by atoms with van der Waals surface area (Å²) >= 11 is 0. The number of nitrogen functional groups attached to an aromatic ring is 2. The smallest absolute Gasteiger partial charge is 0.326 e. The first-order valence-corrected chi connectivity index (χ1v) is 10.3. The zero-order valence-electron chi connectivity index (χ0n) is 19.2. The Morgan fingerprint density at radius 3 is 2.31 bits per heavy atom. The second-order valence-electron chi connectivity index (χ2n) is 7.20. The molecule has 2 aromatic heterocycles. The molecule has 14 heteroatoms. The van der Waals surface area contributed by atoms with E-state index in [1.165, 1.54) is 19.2 Å². The topological polar surface area (TPSA) is 237 Å². The quantitative estimate of drug-likeness (QED) is 0.231. The number of amides is 1. The summed E-state index contributed by atoms with van der Waals surface area (Å²) in [4.78, 5) is 52.7. The highest BCUT2D eigenvalue weighted by atomic mass is 16.4. The monoisotopic (exact) mass is 485 g/mol. The SMILES string of the molecule is CN.CN(Cc1cnc2nc(N)nc(N)c2n1)c1ccc(C(=O)NC(CCC(=O)O)C(=O)O)cc1. The fraction of sp³-hybridized carbons (Fsp3) is 0.286. The third kappa shape index (κ3) is 7.20. The van der Waals surface area contributed by atoms with Gasteiger partial charge in [-0.1, -0.05) is 0 Å². The van der Waals surface area contributed by atoms with Gasteiger partial charge < -0.3 is 37.6 Å². The molecule has 1 atom stereocenters. The van der Waals surface area contributed by atoms with Crippen LogP contribution < -0.4 is 27.4 Å². The maximum absolute atomic E-state index is 12.4. The Labute approximate surface area is 200 Å². The van der Waals surface area contributed by atoms with Crippen molar-refractivity contribution in [3.05, 3.63) is 41.7 Å². The molecule has 0 radical (unpaired) electrons. The largest absolute Gasteiger partial charge is 0.481 e. The molecule has 9 N–H and O–H groups in total. The minimum absolute atomic E-state index is 0.0138. The molecule has 0 bridgehead atoms. The highest BCUT2D eigenvalue weighted by Gasteiger charge is 2.21. The van der Waals surface area contributed by atoms with Crippen LogP contribution in [0.5, 0.6) is 0 Å². The van der Waals surface area contributed by atoms with Gasteiger partial charge in [0, 0.05) is 24.7 Å². The van der Waals surface area contributed by atoms with Gasteiger partial charge in [-0.3, -0.25) is 9.59 Å². The lowest BCUT2D eigenvalue weighted by Gasteiger charge is -2.19. The predicted molar refractivity (Wildman–Crippen MR) is 128 cm³/mol. The number of fused-ring (bicyclic) bond motifs is 1. The molecule has 186 valence electrons. The van der Waals surface area contributed by atoms with E-state index in [0.717, 1.165) is 5.69 Å². The van der Waals surface area contributed by atoms with Gasteiger partial charge in [-0.2, -0.15) is 9.97 Å². The third-order valence-corrected chi connectivity index (χ3v) is 4.72. The van der Waals surface area contributed by atoms with Crippen LogP contribution in [0.4, 0.5) is 17.5 Å². The fourth-order valence-electron chi connectivity index (χ4n) is 3.03. The number of benzene rings is 1. The number of carboxylic acids is 2. The van der Waals surface area contributed by atoms with Crippen LogP contribution in [0.2, 0.25) is 0 Å². The number of nitrogens with one attached hydrogen (secondary N) is 1. The van der Waals surface area contributed by atoms with Crippen molar-refractivity contribution in [2.75, 3.05) is 30.5 Å². The molecule has 0 spiro atoms. The van der Waals surface area contributed by atoms with Gasteiger partial charge in [0.05, 0.1) is 18.4 Å². The third-order valence-electron chi connectivity index (χ3n) is 4.72. The summed E-state index contributed by atoms with van der Waals surface area (Å²) < 4.78 is 0. The first-order valence-electron chi connectivity index (χ1n) is 10.3. The van der Waals surface area contributed by atoms with Gasteiger partial charge in [0.15, 0.2) is 17.0 Å². The lowest BCUT2D eigenvalue weighted by atomic mass is 10.1. The maximum atomic E-state index is 12.4. The summed E-state index contributed by atoms with van der Waals surface area (Å²) in [5, 5.41) is 20.2. The Balaban J connectivity index is 0.00000210. The van der Waals surface area contributed by atoms with Crippen LogP contribution >= 0.6 is 0 Å². The minimum atomic E-state index is -1.30. The lowest BCUT2D eigenvalue weighted by Crippen LogP contribution is -2.41. The molecule has 0 fully saturated rings. The minimum Gasteiger partial charge on any atom is -0.481 e. The number of anilines is 3. The van der Waals surface area contributed by atoms with Gasteiger partial charge in [0.25, 0.3) is 5.91 Å². The second kappa shape index (κ2) is 12.0. The number of hydrogen-bond donors (Lipinski definition) is 6. The van der Waals surface area contributed by atoms with E-state index in [4.69, 9.17) is 16.6 Å². The number of rotatable bonds is 9. The van der Waals surface area contributed by atoms with Crippen molar-refractivity contribution < 1.29 is 24.6 Å². The van der Waals surface area contributed by atoms with Crippen molar-refractivity contribution in [2.24, 2.45) is 5.73 Å². The zero-order valence-corrected chi connectivity index (χ0v) is 19.2. The average Bonchev–Trinajstić information content (AvgIpc) is 2.83. The molecule has 0 aliphatic rings. The Morgan fingerprint density at radius 2 is 1.71 bits per heavy atom. The molecule has 1 amide bonds. The second-order valence-corrected chi connectivity index (χ2v) is 7.20. The van der Waals surface area contributed by atoms with Gasteiger partial charge in [0.2, 0.25) is 5.95 Å². The summed E-state index contributed by atoms with van der Waals surface area (Å²) in [6.07, 6.45) is 0.964. The number of carboxylic acid groups (broad SMARTS) is 2. The highest BCUT2D eigenvalue weighted by Crippen LogP contribution is 2.19. The maximum Gasteiger partial charge on any atom is 0.326 e. The van der Waals surface area contributed by atoms with E-state index >= 15 is 0 Å². The van der Waals surface area contributed by atoms with Crippen LogP contribution in [-0.2, 0) is 16.1 Å². The van der Waals surface area contributed by atoms with Gasteiger partial charge in [-0.05, 0) is 37.7 Å². The van der Waals surface area contributed by atoms with E-state index in [9.17, 15) is 19.5 Å². The highest BCUT2D eigenvalue weighted by molar-refractivity contribution is 5.97. The van der Waals surface area contributed by atoms with Crippen molar-refractivity contribution in [2.45, 2.75) is 25.4 Å². The van der Waals surface area contributed by atoms with Crippen LogP contribution in [0.3, 0.4) is 0 Å². The van der Waals surface area contributed by atoms with Gasteiger partial charge in [0.1, 0.15) is 6.04 Å². The van der Waals surface area contributed by atoms with E-state index < -0.39 is 23.9 Å². The van der Waals surface area contributed by atoms with Crippen LogP contribution in [0, 0.1) is 0 Å². The number of nitrogens with two attached hydrogens (primary N) is 3. The summed E-state index contributed by atoms with van der Waals surface area (Å²) in [5.74, 6) is -2.91. The molecule has 1 unspecified atom stereocenters. The Kier molecular flexibility index (Phi) is 9.17. The number of aliphatic carboxylic acids is 2. The lowest BCUT2D eigenvalue weighted by molar-refractivity contribution is -0.140. The first kappa shape index (κ1) is 26.7. The van der Waals surface area contributed by atoms with Crippen LogP contribution in [0.25, 0.3) is 11.2 Å². The molecular formula is C21H27N9O5. The van der Waals surface area contributed by atoms with E-state index in [1.807, 2.05) is 11.9 Å². The Morgan fingerprint density at radius 1 is 1.06 bits per heavy atom. The van der Waals surface area contributed by atoms with Crippen LogP contribution in [-0.4, -0.2) is 68.1 Å². The summed E-state index contributed by atoms with van der Waals surface area (Å²) in [6, 6.07) is 5.16. The van der Waals surface area contributed by atoms with E-state index in [-0.39, 0.29) is 30.2 Å². The molecular weight excluding hydrogens is 458 g/mol. The van der Waals surface area contributed by atoms with Crippen molar-refractivity contribution in [1.82, 2.24) is 25.3 Å². The molecule has 0 saturated carbocycles. The standard InChI is InChI=1S/C20H22N8O5.CH5N/c1-28(9-11-8-23-17-15(24-11)16(21)26-20(22)27-17)12-4-2-10(3-5-12)18(31)25-13(19(32)33)6-7-14(29)30;1-2/h2-5,8,13H,6-7,9H2,1H3,(H,25,31)(H,29,30)(H,32,33)(H4,21,22,23,26,27);2H2,1H3. The molecule has 1 aromatic carbocycles. The fourth-order valence-corrected chi connectivity index (χ4v) is 3.03. The van der Waals surface area contributed by atoms with Crippen LogP contribution in [0.15, 0.2) is 30.5 Å². The molecule has 35 heavy (non-hydrogen) atoms. The Bertz CT molecular complexity index is 1200. The first-order chi connectivity index (χ1) is 16.6. The molecule has 2 heterocycles. The summed E-state index contributed by atoms with van der Waals surface area (Å²) in [7, 11) is 3.32. The molecule has 0 aliphatic carbocycles. The number of carbonyl (C=O) groups is 3. The van der Waals surface area contributed by atoms with Gasteiger partial charge >= 0.3 is 11.9 Å². The van der Waals surface area contributed by atoms with E-state index in [1.54, 1.807) is 18.3 Å². The molecule has 14 nitrogen and oxygen atoms in total. The number of hydrogen-bond acceptors (Lipinski definition) is 11. The van der Waals surface area contributed by atoms with Gasteiger partial charge in [-0.25, -0.2) is 14.8 Å². The van der Waals surface area contributed by atoms with Crippen molar-refractivity contribution >= 4 is 46.5 Å². The van der Waals surface area contributed by atoms with Crippen molar-refractivity contribution in [3.63, 3.8) is 0 Å². The van der Waals surface area contributed by atoms with Gasteiger partial charge in [-0.15, -0.1) is 0 Å². The van der Waals surface area contributed by atoms with Crippen molar-refractivity contribution in [3.8, 4) is 0 Å². The average molecular weight is 486 g/mol. The van der Waals surface area contributed by atoms with E-state index in [2.05, 4.69) is 31.0 Å². The van der Waals surface area contributed by atoms with E-state index in [0.29, 0.717) is 23.4 Å². The molecule has 3 aromatic rings. The Hall–Kier alpha value is -4.59.